The van der Waals surface area contributed by atoms with Crippen LogP contribution in [0.2, 0.25) is 0 Å². The van der Waals surface area contributed by atoms with Gasteiger partial charge in [-0.05, 0) is 73.6 Å². The molecule has 0 spiro atoms. The monoisotopic (exact) mass is 640 g/mol. The van der Waals surface area contributed by atoms with Crippen LogP contribution in [0.15, 0.2) is 25.3 Å². The van der Waals surface area contributed by atoms with Gasteiger partial charge in [-0.15, -0.1) is 13.2 Å². The molecule has 0 radical (unpaired) electrons. The summed E-state index contributed by atoms with van der Waals surface area (Å²) in [6.45, 7) is 17.2. The maximum Gasteiger partial charge on any atom is 0.408 e. The molecule has 14 heteroatoms. The molecule has 4 N–H and O–H groups in total. The first-order chi connectivity index (χ1) is 20.3. The summed E-state index contributed by atoms with van der Waals surface area (Å²) >= 11 is 0. The second-order valence-electron chi connectivity index (χ2n) is 13.4. The molecular weight excluding hydrogens is 592 g/mol. The van der Waals surface area contributed by atoms with E-state index < -0.39 is 79.9 Å². The lowest BCUT2D eigenvalue weighted by Crippen LogP contribution is -2.60. The topological polar surface area (TPSA) is 180 Å². The Labute approximate surface area is 260 Å². The van der Waals surface area contributed by atoms with Gasteiger partial charge >= 0.3 is 6.09 Å². The van der Waals surface area contributed by atoms with Crippen molar-refractivity contribution in [3.63, 3.8) is 0 Å². The van der Waals surface area contributed by atoms with Crippen LogP contribution >= 0.6 is 0 Å². The van der Waals surface area contributed by atoms with Crippen molar-refractivity contribution in [1.29, 1.82) is 0 Å². The molecule has 44 heavy (non-hydrogen) atoms. The summed E-state index contributed by atoms with van der Waals surface area (Å²) in [6, 6.07) is -2.49. The van der Waals surface area contributed by atoms with E-state index in [2.05, 4.69) is 28.5 Å². The predicted octanol–water partition coefficient (Wildman–Crippen LogP) is 1.66. The molecule has 1 aliphatic heterocycles. The summed E-state index contributed by atoms with van der Waals surface area (Å²) in [5, 5.41) is 15.8. The van der Waals surface area contributed by atoms with Crippen LogP contribution in [0.3, 0.4) is 0 Å². The Morgan fingerprint density at radius 3 is 2.32 bits per heavy atom. The summed E-state index contributed by atoms with van der Waals surface area (Å²) in [5.41, 5.74) is -2.42. The molecule has 0 aromatic carbocycles. The van der Waals surface area contributed by atoms with Crippen LogP contribution in [-0.4, -0.2) is 95.1 Å². The number of sulfonamides is 1. The number of ether oxygens (including phenoxy) is 2. The first-order valence-corrected chi connectivity index (χ1v) is 16.5. The number of hydrogen-bond donors (Lipinski definition) is 4. The molecule has 0 bridgehead atoms. The van der Waals surface area contributed by atoms with Crippen molar-refractivity contribution >= 4 is 33.8 Å². The fourth-order valence-electron chi connectivity index (χ4n) is 5.28. The van der Waals surface area contributed by atoms with Crippen molar-refractivity contribution in [2.24, 2.45) is 5.92 Å². The molecule has 4 amide bonds. The highest BCUT2D eigenvalue weighted by Gasteiger charge is 2.63. The first-order valence-electron chi connectivity index (χ1n) is 15.0. The summed E-state index contributed by atoms with van der Waals surface area (Å²) in [7, 11) is -3.97. The predicted molar refractivity (Wildman–Crippen MR) is 163 cm³/mol. The van der Waals surface area contributed by atoms with Gasteiger partial charge in [-0.2, -0.15) is 0 Å². The van der Waals surface area contributed by atoms with Gasteiger partial charge in [-0.25, -0.2) is 13.2 Å². The van der Waals surface area contributed by atoms with E-state index in [1.54, 1.807) is 40.7 Å². The van der Waals surface area contributed by atoms with E-state index in [9.17, 15) is 32.7 Å². The summed E-state index contributed by atoms with van der Waals surface area (Å²) in [5.74, 6) is -2.83. The standard InChI is InChI=1S/C30H48N4O9S/c1-9-11-12-18(3)42-19(4)23(31-27(39)43-28(5,6)7)25(37)34-17-21(35)15-22(34)24(36)32-30(16-20(30)10-2)26(38)33-44(40,41)29(8)13-14-29/h9-10,18-23,35H,1-2,11-17H2,3-8H3,(H,31,39)(H,32,36)(H,33,38)/t18-,19+,20-,21-,22+,23+,30-/m1/s1. The smallest absolute Gasteiger partial charge is 0.408 e. The highest BCUT2D eigenvalue weighted by Crippen LogP contribution is 2.47. The lowest BCUT2D eigenvalue weighted by Gasteiger charge is -2.33. The number of allylic oxidation sites excluding steroid dienone is 1. The Bertz CT molecular complexity index is 1260. The van der Waals surface area contributed by atoms with Gasteiger partial charge < -0.3 is 30.1 Å². The van der Waals surface area contributed by atoms with E-state index in [-0.39, 0.29) is 25.5 Å². The van der Waals surface area contributed by atoms with E-state index >= 15 is 0 Å². The van der Waals surface area contributed by atoms with E-state index in [0.717, 1.165) is 4.90 Å². The normalized spacial score (nSPS) is 27.7. The fraction of sp³-hybridized carbons (Fsp3) is 0.733. The number of likely N-dealkylation sites (tertiary alicyclic amines) is 1. The molecule has 7 atom stereocenters. The molecule has 3 aliphatic rings. The van der Waals surface area contributed by atoms with Gasteiger partial charge in [-0.3, -0.25) is 19.1 Å². The van der Waals surface area contributed by atoms with Crippen molar-refractivity contribution in [1.82, 2.24) is 20.3 Å². The zero-order valence-corrected chi connectivity index (χ0v) is 27.4. The van der Waals surface area contributed by atoms with Crippen molar-refractivity contribution < 1.29 is 42.2 Å². The first kappa shape index (κ1) is 35.5. The molecule has 0 aromatic heterocycles. The van der Waals surface area contributed by atoms with Crippen LogP contribution in [0.5, 0.6) is 0 Å². The average Bonchev–Trinajstić information content (AvgIpc) is 3.80. The quantitative estimate of drug-likeness (QED) is 0.205. The van der Waals surface area contributed by atoms with E-state index in [1.165, 1.54) is 6.08 Å². The molecule has 248 valence electrons. The van der Waals surface area contributed by atoms with Gasteiger partial charge in [0.25, 0.3) is 5.91 Å². The minimum atomic E-state index is -3.97. The van der Waals surface area contributed by atoms with Crippen LogP contribution in [-0.2, 0) is 33.9 Å². The van der Waals surface area contributed by atoms with Crippen molar-refractivity contribution in [2.45, 2.75) is 126 Å². The van der Waals surface area contributed by atoms with Crippen LogP contribution < -0.4 is 15.4 Å². The second-order valence-corrected chi connectivity index (χ2v) is 15.6. The lowest BCUT2D eigenvalue weighted by molar-refractivity contribution is -0.144. The Morgan fingerprint density at radius 2 is 1.80 bits per heavy atom. The Balaban J connectivity index is 1.82. The van der Waals surface area contributed by atoms with Crippen LogP contribution in [0.1, 0.15) is 80.1 Å². The molecule has 2 saturated carbocycles. The van der Waals surface area contributed by atoms with Crippen molar-refractivity contribution in [3.05, 3.63) is 25.3 Å². The minimum absolute atomic E-state index is 0.125. The van der Waals surface area contributed by atoms with Crippen molar-refractivity contribution in [3.8, 4) is 0 Å². The average molecular weight is 641 g/mol. The number of aliphatic hydroxyl groups excluding tert-OH is 1. The molecule has 3 fully saturated rings. The Kier molecular flexibility index (Phi) is 10.6. The summed E-state index contributed by atoms with van der Waals surface area (Å²) < 4.78 is 38.0. The number of carbonyl (C=O) groups is 4. The van der Waals surface area contributed by atoms with Gasteiger partial charge in [0.2, 0.25) is 21.8 Å². The largest absolute Gasteiger partial charge is 0.444 e. The maximum absolute atomic E-state index is 14.0. The summed E-state index contributed by atoms with van der Waals surface area (Å²) in [4.78, 5) is 54.8. The third kappa shape index (κ3) is 8.19. The third-order valence-electron chi connectivity index (χ3n) is 8.38. The van der Waals surface area contributed by atoms with Gasteiger partial charge in [0.05, 0.1) is 23.1 Å². The number of rotatable bonds is 14. The van der Waals surface area contributed by atoms with Crippen LogP contribution in [0.4, 0.5) is 4.79 Å². The molecule has 1 saturated heterocycles. The van der Waals surface area contributed by atoms with E-state index in [0.29, 0.717) is 25.7 Å². The number of β-amino-alcohol motifs (C(OH)–C–C–N with tert-alkyl or cyclic N) is 1. The second kappa shape index (κ2) is 13.2. The Morgan fingerprint density at radius 1 is 1.16 bits per heavy atom. The van der Waals surface area contributed by atoms with Gasteiger partial charge in [0.15, 0.2) is 0 Å². The molecule has 1 heterocycles. The molecule has 0 aromatic rings. The van der Waals surface area contributed by atoms with Gasteiger partial charge in [0.1, 0.15) is 23.2 Å². The Hall–Kier alpha value is -2.97. The molecular formula is C30H48N4O9S. The number of hydrogen-bond acceptors (Lipinski definition) is 9. The highest BCUT2D eigenvalue weighted by atomic mass is 32.2. The van der Waals surface area contributed by atoms with Crippen LogP contribution in [0.25, 0.3) is 0 Å². The molecule has 13 nitrogen and oxygen atoms in total. The number of alkyl carbamates (subject to hydrolysis) is 1. The zero-order valence-electron chi connectivity index (χ0n) is 26.6. The lowest BCUT2D eigenvalue weighted by atomic mass is 10.1. The third-order valence-corrected chi connectivity index (χ3v) is 10.5. The van der Waals surface area contributed by atoms with Crippen molar-refractivity contribution in [2.75, 3.05) is 6.54 Å². The number of nitrogens with zero attached hydrogens (tertiary/aromatic N) is 1. The molecule has 3 rings (SSSR count). The number of amides is 4. The van der Waals surface area contributed by atoms with Gasteiger partial charge in [0, 0.05) is 18.9 Å². The van der Waals surface area contributed by atoms with Crippen LogP contribution in [0, 0.1) is 5.92 Å². The minimum Gasteiger partial charge on any atom is -0.444 e. The zero-order chi connectivity index (χ0) is 33.3. The maximum atomic E-state index is 14.0. The van der Waals surface area contributed by atoms with E-state index in [4.69, 9.17) is 9.47 Å². The number of aliphatic hydroxyl groups is 1. The van der Waals surface area contributed by atoms with Gasteiger partial charge in [-0.1, -0.05) is 12.2 Å². The number of nitrogens with one attached hydrogen (secondary N) is 3. The molecule has 0 unspecified atom stereocenters. The SMILES string of the molecule is C=CCC[C@@H](C)O[C@@H](C)[C@H](NC(=O)OC(C)(C)C)C(=O)N1C[C@H](O)C[C@H]1C(=O)N[C@]1(C(=O)NS(=O)(=O)C2(C)CC2)C[C@H]1C=C. The fourth-order valence-corrected chi connectivity index (χ4v) is 6.59. The van der Waals surface area contributed by atoms with E-state index in [1.807, 2.05) is 6.92 Å². The summed E-state index contributed by atoms with van der Waals surface area (Å²) in [6.07, 6.45) is 2.27. The molecule has 2 aliphatic carbocycles. The number of carbonyl (C=O) groups excluding carboxylic acids is 4. The highest BCUT2D eigenvalue weighted by molar-refractivity contribution is 7.91.